The molecule has 1 fully saturated rings. The highest BCUT2D eigenvalue weighted by Crippen LogP contribution is 2.26. The number of rotatable bonds is 4. The number of aliphatic carboxylic acids is 2. The van der Waals surface area contributed by atoms with Crippen molar-refractivity contribution in [2.75, 3.05) is 39.5 Å². The molecule has 0 aliphatic carbocycles. The number of ether oxygens (including phenoxy) is 1. The van der Waals surface area contributed by atoms with Crippen molar-refractivity contribution in [2.45, 2.75) is 6.54 Å². The van der Waals surface area contributed by atoms with E-state index in [0.29, 0.717) is 13.1 Å². The Balaban J connectivity index is 0.000000487. The summed E-state index contributed by atoms with van der Waals surface area (Å²) in [7, 11) is -1.41. The fourth-order valence-electron chi connectivity index (χ4n) is 2.29. The molecule has 146 valence electrons. The highest BCUT2D eigenvalue weighted by molar-refractivity contribution is 9.10. The van der Waals surface area contributed by atoms with Gasteiger partial charge in [-0.2, -0.15) is 4.31 Å². The highest BCUT2D eigenvalue weighted by Gasteiger charge is 2.23. The van der Waals surface area contributed by atoms with Crippen LogP contribution in [0.15, 0.2) is 22.7 Å². The minimum Gasteiger partial charge on any atom is -0.496 e. The van der Waals surface area contributed by atoms with E-state index in [9.17, 15) is 8.42 Å². The van der Waals surface area contributed by atoms with Gasteiger partial charge in [0.1, 0.15) is 5.75 Å². The van der Waals surface area contributed by atoms with E-state index in [4.69, 9.17) is 24.5 Å². The van der Waals surface area contributed by atoms with Gasteiger partial charge < -0.3 is 14.9 Å². The average Bonchev–Trinajstić information content (AvgIpc) is 2.55. The molecular formula is C15H21BrN2O7S. The van der Waals surface area contributed by atoms with Crippen LogP contribution in [0.1, 0.15) is 5.56 Å². The molecule has 0 bridgehead atoms. The summed E-state index contributed by atoms with van der Waals surface area (Å²) >= 11 is 3.48. The Morgan fingerprint density at radius 1 is 1.15 bits per heavy atom. The number of carboxylic acid groups (broad SMARTS) is 2. The number of benzene rings is 1. The summed E-state index contributed by atoms with van der Waals surface area (Å²) < 4.78 is 30.6. The van der Waals surface area contributed by atoms with Crippen molar-refractivity contribution >= 4 is 37.9 Å². The van der Waals surface area contributed by atoms with Crippen LogP contribution < -0.4 is 4.74 Å². The van der Waals surface area contributed by atoms with E-state index in [1.165, 1.54) is 16.1 Å². The van der Waals surface area contributed by atoms with E-state index in [2.05, 4.69) is 20.8 Å². The van der Waals surface area contributed by atoms with Crippen molar-refractivity contribution in [1.29, 1.82) is 0 Å². The second-order valence-corrected chi connectivity index (χ2v) is 8.35. The molecule has 2 N–H and O–H groups in total. The molecule has 0 radical (unpaired) electrons. The molecule has 1 heterocycles. The van der Waals surface area contributed by atoms with Crippen LogP contribution in [-0.4, -0.2) is 79.3 Å². The van der Waals surface area contributed by atoms with Gasteiger partial charge in [-0.15, -0.1) is 0 Å². The predicted molar refractivity (Wildman–Crippen MR) is 97.7 cm³/mol. The van der Waals surface area contributed by atoms with Gasteiger partial charge in [-0.1, -0.05) is 6.07 Å². The van der Waals surface area contributed by atoms with Gasteiger partial charge >= 0.3 is 11.9 Å². The molecule has 9 nitrogen and oxygen atoms in total. The Morgan fingerprint density at radius 3 is 2.08 bits per heavy atom. The Hall–Kier alpha value is -1.69. The summed E-state index contributed by atoms with van der Waals surface area (Å²) in [5.74, 6) is -2.83. The molecule has 0 spiro atoms. The van der Waals surface area contributed by atoms with Crippen LogP contribution in [0.5, 0.6) is 5.75 Å². The SMILES string of the molecule is COc1ccc(CN2CCN(S(C)(=O)=O)CC2)cc1Br.O=C(O)C(=O)O. The molecule has 0 amide bonds. The van der Waals surface area contributed by atoms with Crippen molar-refractivity contribution in [3.8, 4) is 5.75 Å². The minimum atomic E-state index is -3.06. The summed E-state index contributed by atoms with van der Waals surface area (Å²) in [6, 6.07) is 6.01. The molecule has 0 saturated carbocycles. The molecular weight excluding hydrogens is 432 g/mol. The molecule has 26 heavy (non-hydrogen) atoms. The second kappa shape index (κ2) is 9.86. The number of sulfonamides is 1. The summed E-state index contributed by atoms with van der Waals surface area (Å²) in [6.07, 6.45) is 1.27. The van der Waals surface area contributed by atoms with Gasteiger partial charge in [-0.05, 0) is 33.6 Å². The minimum absolute atomic E-state index is 0.566. The Morgan fingerprint density at radius 2 is 1.69 bits per heavy atom. The van der Waals surface area contributed by atoms with Gasteiger partial charge in [0.05, 0.1) is 17.8 Å². The second-order valence-electron chi connectivity index (χ2n) is 5.52. The maximum absolute atomic E-state index is 11.5. The van der Waals surface area contributed by atoms with Crippen LogP contribution in [0.25, 0.3) is 0 Å². The Bertz CT molecular complexity index is 734. The zero-order valence-electron chi connectivity index (χ0n) is 14.4. The van der Waals surface area contributed by atoms with Crippen LogP contribution in [-0.2, 0) is 26.2 Å². The number of nitrogens with zero attached hydrogens (tertiary/aromatic N) is 2. The molecule has 1 aromatic carbocycles. The van der Waals surface area contributed by atoms with Gasteiger partial charge in [-0.25, -0.2) is 18.0 Å². The molecule has 0 unspecified atom stereocenters. The number of halogens is 1. The summed E-state index contributed by atoms with van der Waals surface area (Å²) in [5.41, 5.74) is 1.19. The van der Waals surface area contributed by atoms with E-state index in [0.717, 1.165) is 29.9 Å². The van der Waals surface area contributed by atoms with Crippen molar-refractivity contribution in [3.05, 3.63) is 28.2 Å². The first-order chi connectivity index (χ1) is 12.0. The number of carboxylic acids is 2. The third kappa shape index (κ3) is 7.28. The lowest BCUT2D eigenvalue weighted by Gasteiger charge is -2.33. The number of hydrogen-bond donors (Lipinski definition) is 2. The number of methoxy groups -OCH3 is 1. The molecule has 1 aromatic rings. The third-order valence-corrected chi connectivity index (χ3v) is 5.53. The summed E-state index contributed by atoms with van der Waals surface area (Å²) in [4.78, 5) is 20.5. The van der Waals surface area contributed by atoms with Crippen LogP contribution in [0.3, 0.4) is 0 Å². The first-order valence-corrected chi connectivity index (χ1v) is 10.1. The molecule has 1 aliphatic rings. The Labute approximate surface area is 160 Å². The molecule has 0 aromatic heterocycles. The van der Waals surface area contributed by atoms with Gasteiger partial charge in [0, 0.05) is 32.7 Å². The quantitative estimate of drug-likeness (QED) is 0.639. The average molecular weight is 453 g/mol. The van der Waals surface area contributed by atoms with E-state index in [1.54, 1.807) is 7.11 Å². The lowest BCUT2D eigenvalue weighted by atomic mass is 10.2. The third-order valence-electron chi connectivity index (χ3n) is 3.61. The largest absolute Gasteiger partial charge is 0.496 e. The van der Waals surface area contributed by atoms with Gasteiger partial charge in [-0.3, -0.25) is 4.90 Å². The molecule has 2 rings (SSSR count). The zero-order valence-corrected chi connectivity index (χ0v) is 16.8. The highest BCUT2D eigenvalue weighted by atomic mass is 79.9. The van der Waals surface area contributed by atoms with Crippen molar-refractivity contribution in [3.63, 3.8) is 0 Å². The van der Waals surface area contributed by atoms with Crippen LogP contribution in [0.4, 0.5) is 0 Å². The fourth-order valence-corrected chi connectivity index (χ4v) is 3.70. The topological polar surface area (TPSA) is 124 Å². The van der Waals surface area contributed by atoms with E-state index >= 15 is 0 Å². The lowest BCUT2D eigenvalue weighted by molar-refractivity contribution is -0.159. The predicted octanol–water partition coefficient (Wildman–Crippen LogP) is 0.690. The number of piperazine rings is 1. The maximum atomic E-state index is 11.5. The molecule has 1 saturated heterocycles. The fraction of sp³-hybridized carbons (Fsp3) is 0.467. The first-order valence-electron chi connectivity index (χ1n) is 7.50. The van der Waals surface area contributed by atoms with Crippen LogP contribution >= 0.6 is 15.9 Å². The van der Waals surface area contributed by atoms with Crippen LogP contribution in [0.2, 0.25) is 0 Å². The van der Waals surface area contributed by atoms with Gasteiger partial charge in [0.15, 0.2) is 0 Å². The maximum Gasteiger partial charge on any atom is 0.414 e. The standard InChI is InChI=1S/C13H19BrN2O3S.C2H2O4/c1-19-13-4-3-11(9-12(13)14)10-15-5-7-16(8-6-15)20(2,17)18;3-1(4)2(5)6/h3-4,9H,5-8,10H2,1-2H3;(H,3,4)(H,5,6). The normalized spacial score (nSPS) is 15.7. The van der Waals surface area contributed by atoms with Gasteiger partial charge in [0.25, 0.3) is 0 Å². The molecule has 0 atom stereocenters. The van der Waals surface area contributed by atoms with E-state index in [1.807, 2.05) is 18.2 Å². The van der Waals surface area contributed by atoms with E-state index < -0.39 is 22.0 Å². The van der Waals surface area contributed by atoms with Crippen molar-refractivity contribution in [2.24, 2.45) is 0 Å². The summed E-state index contributed by atoms with van der Waals surface area (Å²) in [6.45, 7) is 3.47. The molecule has 1 aliphatic heterocycles. The summed E-state index contributed by atoms with van der Waals surface area (Å²) in [5, 5.41) is 14.8. The van der Waals surface area contributed by atoms with Crippen LogP contribution in [0, 0.1) is 0 Å². The van der Waals surface area contributed by atoms with Crippen molar-refractivity contribution in [1.82, 2.24) is 9.21 Å². The number of hydrogen-bond acceptors (Lipinski definition) is 6. The Kier molecular flexibility index (Phi) is 8.47. The number of carbonyl (C=O) groups is 2. The monoisotopic (exact) mass is 452 g/mol. The lowest BCUT2D eigenvalue weighted by Crippen LogP contribution is -2.47. The van der Waals surface area contributed by atoms with Gasteiger partial charge in [0.2, 0.25) is 10.0 Å². The van der Waals surface area contributed by atoms with E-state index in [-0.39, 0.29) is 0 Å². The zero-order chi connectivity index (χ0) is 19.9. The molecule has 11 heteroatoms. The first kappa shape index (κ1) is 22.4. The van der Waals surface area contributed by atoms with Crippen molar-refractivity contribution < 1.29 is 33.0 Å². The smallest absolute Gasteiger partial charge is 0.414 e.